The molecule has 5 heteroatoms. The van der Waals surface area contributed by atoms with Crippen molar-refractivity contribution >= 4 is 5.97 Å². The molecule has 2 rings (SSSR count). The second-order valence-electron chi connectivity index (χ2n) is 3.48. The van der Waals surface area contributed by atoms with Crippen LogP contribution in [0.1, 0.15) is 23.0 Å². The number of rotatable bonds is 3. The van der Waals surface area contributed by atoms with E-state index in [2.05, 4.69) is 9.97 Å². The van der Waals surface area contributed by atoms with Crippen LogP contribution in [0.3, 0.4) is 0 Å². The predicted octanol–water partition coefficient (Wildman–Crippen LogP) is 2.22. The number of hydrogen-bond donors (Lipinski definition) is 0. The first kappa shape index (κ1) is 11.3. The molecule has 0 unspecified atom stereocenters. The zero-order valence-corrected chi connectivity index (χ0v) is 9.64. The maximum atomic E-state index is 11.4. The van der Waals surface area contributed by atoms with E-state index in [9.17, 15) is 4.79 Å². The Labute approximate surface area is 98.5 Å². The number of aromatic nitrogens is 2. The smallest absolute Gasteiger partial charge is 0.360 e. The first-order chi connectivity index (χ1) is 8.20. The highest BCUT2D eigenvalue weighted by Gasteiger charge is 2.14. The molecule has 0 atom stereocenters. The number of carbonyl (C=O) groups excluding carboxylic acids is 1. The minimum Gasteiger partial charge on any atom is -0.461 e. The minimum atomic E-state index is -0.491. The minimum absolute atomic E-state index is 0.157. The molecule has 0 amide bonds. The van der Waals surface area contributed by atoms with E-state index in [0.717, 1.165) is 5.56 Å². The van der Waals surface area contributed by atoms with Crippen LogP contribution in [0.4, 0.5) is 0 Å². The van der Waals surface area contributed by atoms with Gasteiger partial charge < -0.3 is 9.15 Å². The summed E-state index contributed by atoms with van der Waals surface area (Å²) in [6.45, 7) is 3.99. The monoisotopic (exact) mass is 232 g/mol. The lowest BCUT2D eigenvalue weighted by atomic mass is 10.3. The van der Waals surface area contributed by atoms with Gasteiger partial charge in [-0.2, -0.15) is 0 Å². The normalized spacial score (nSPS) is 10.2. The summed E-state index contributed by atoms with van der Waals surface area (Å²) < 4.78 is 10.00. The quantitative estimate of drug-likeness (QED) is 0.759. The van der Waals surface area contributed by atoms with Crippen LogP contribution in [0.5, 0.6) is 0 Å². The molecule has 0 saturated carbocycles. The van der Waals surface area contributed by atoms with Gasteiger partial charge in [-0.3, -0.25) is 4.98 Å². The van der Waals surface area contributed by atoms with Crippen LogP contribution in [0.15, 0.2) is 29.0 Å². The predicted molar refractivity (Wildman–Crippen MR) is 60.4 cm³/mol. The van der Waals surface area contributed by atoms with E-state index in [1.165, 1.54) is 6.26 Å². The fourth-order valence-corrected chi connectivity index (χ4v) is 1.28. The molecule has 0 aliphatic rings. The maximum absolute atomic E-state index is 11.4. The standard InChI is InChI=1S/C12H12N2O3/c1-3-16-12(15)10-7-17-11(14-10)9-5-4-8(2)6-13-9/h4-7H,3H2,1-2H3. The van der Waals surface area contributed by atoms with Gasteiger partial charge in [0, 0.05) is 6.20 Å². The topological polar surface area (TPSA) is 65.2 Å². The zero-order valence-electron chi connectivity index (χ0n) is 9.64. The van der Waals surface area contributed by atoms with Gasteiger partial charge >= 0.3 is 5.97 Å². The molecule has 0 saturated heterocycles. The maximum Gasteiger partial charge on any atom is 0.360 e. The van der Waals surface area contributed by atoms with Crippen LogP contribution in [0, 0.1) is 6.92 Å². The van der Waals surface area contributed by atoms with Crippen molar-refractivity contribution in [1.82, 2.24) is 9.97 Å². The van der Waals surface area contributed by atoms with Gasteiger partial charge in [-0.1, -0.05) is 6.07 Å². The van der Waals surface area contributed by atoms with E-state index in [1.54, 1.807) is 19.2 Å². The number of nitrogens with zero attached hydrogens (tertiary/aromatic N) is 2. The largest absolute Gasteiger partial charge is 0.461 e. The number of esters is 1. The van der Waals surface area contributed by atoms with Crippen molar-refractivity contribution in [2.24, 2.45) is 0 Å². The molecule has 0 aliphatic carbocycles. The van der Waals surface area contributed by atoms with Gasteiger partial charge in [-0.05, 0) is 25.5 Å². The molecule has 0 spiro atoms. The Morgan fingerprint density at radius 3 is 2.94 bits per heavy atom. The van der Waals surface area contributed by atoms with Gasteiger partial charge in [0.25, 0.3) is 0 Å². The Kier molecular flexibility index (Phi) is 3.18. The summed E-state index contributed by atoms with van der Waals surface area (Å²) in [6, 6.07) is 3.69. The molecule has 17 heavy (non-hydrogen) atoms. The van der Waals surface area contributed by atoms with Gasteiger partial charge in [-0.25, -0.2) is 9.78 Å². The van der Waals surface area contributed by atoms with Gasteiger partial charge in [0.2, 0.25) is 5.89 Å². The first-order valence-electron chi connectivity index (χ1n) is 5.26. The summed E-state index contributed by atoms with van der Waals surface area (Å²) in [5, 5.41) is 0. The number of hydrogen-bond acceptors (Lipinski definition) is 5. The molecule has 0 aromatic carbocycles. The third kappa shape index (κ3) is 2.50. The Bertz CT molecular complexity index is 517. The summed E-state index contributed by atoms with van der Waals surface area (Å²) in [5.41, 5.74) is 1.79. The lowest BCUT2D eigenvalue weighted by Crippen LogP contribution is -2.04. The molecule has 0 radical (unpaired) electrons. The lowest BCUT2D eigenvalue weighted by Gasteiger charge is -1.96. The Hall–Kier alpha value is -2.17. The third-order valence-electron chi connectivity index (χ3n) is 2.12. The van der Waals surface area contributed by atoms with E-state index >= 15 is 0 Å². The highest BCUT2D eigenvalue weighted by molar-refractivity contribution is 5.87. The second kappa shape index (κ2) is 4.78. The van der Waals surface area contributed by atoms with Crippen LogP contribution in [-0.4, -0.2) is 22.5 Å². The lowest BCUT2D eigenvalue weighted by molar-refractivity contribution is 0.0519. The Morgan fingerprint density at radius 2 is 2.29 bits per heavy atom. The third-order valence-corrected chi connectivity index (χ3v) is 2.12. The SMILES string of the molecule is CCOC(=O)c1coc(-c2ccc(C)cn2)n1. The van der Waals surface area contributed by atoms with Crippen molar-refractivity contribution in [3.63, 3.8) is 0 Å². The van der Waals surface area contributed by atoms with E-state index in [-0.39, 0.29) is 5.69 Å². The number of ether oxygens (including phenoxy) is 1. The highest BCUT2D eigenvalue weighted by atomic mass is 16.5. The highest BCUT2D eigenvalue weighted by Crippen LogP contribution is 2.16. The van der Waals surface area contributed by atoms with Crippen LogP contribution < -0.4 is 0 Å². The van der Waals surface area contributed by atoms with Gasteiger partial charge in [0.05, 0.1) is 6.61 Å². The molecule has 0 bridgehead atoms. The van der Waals surface area contributed by atoms with Crippen LogP contribution >= 0.6 is 0 Å². The number of oxazole rings is 1. The van der Waals surface area contributed by atoms with Crippen molar-refractivity contribution < 1.29 is 13.9 Å². The molecule has 0 aliphatic heterocycles. The summed E-state index contributed by atoms with van der Waals surface area (Å²) in [4.78, 5) is 19.6. The fraction of sp³-hybridized carbons (Fsp3) is 0.250. The first-order valence-corrected chi connectivity index (χ1v) is 5.26. The summed E-state index contributed by atoms with van der Waals surface area (Å²) in [7, 11) is 0. The van der Waals surface area contributed by atoms with Gasteiger partial charge in [-0.15, -0.1) is 0 Å². The van der Waals surface area contributed by atoms with Crippen molar-refractivity contribution in [3.05, 3.63) is 35.9 Å². The van der Waals surface area contributed by atoms with Crippen molar-refractivity contribution in [1.29, 1.82) is 0 Å². The Morgan fingerprint density at radius 1 is 1.47 bits per heavy atom. The number of aryl methyl sites for hydroxylation is 1. The number of carbonyl (C=O) groups is 1. The molecule has 2 aromatic heterocycles. The van der Waals surface area contributed by atoms with Gasteiger partial charge in [0.15, 0.2) is 5.69 Å². The Balaban J connectivity index is 2.23. The summed E-state index contributed by atoms with van der Waals surface area (Å²) >= 11 is 0. The average molecular weight is 232 g/mol. The zero-order chi connectivity index (χ0) is 12.3. The van der Waals surface area contributed by atoms with E-state index in [0.29, 0.717) is 18.2 Å². The molecule has 2 heterocycles. The molecule has 5 nitrogen and oxygen atoms in total. The molecule has 0 N–H and O–H groups in total. The molecular weight excluding hydrogens is 220 g/mol. The number of pyridine rings is 1. The summed E-state index contributed by atoms with van der Waals surface area (Å²) in [5.74, 6) is -0.178. The van der Waals surface area contributed by atoms with Gasteiger partial charge in [0.1, 0.15) is 12.0 Å². The summed E-state index contributed by atoms with van der Waals surface area (Å²) in [6.07, 6.45) is 2.98. The second-order valence-corrected chi connectivity index (χ2v) is 3.48. The fourth-order valence-electron chi connectivity index (χ4n) is 1.28. The van der Waals surface area contributed by atoms with E-state index in [1.807, 2.05) is 13.0 Å². The van der Waals surface area contributed by atoms with E-state index < -0.39 is 5.97 Å². The molecule has 0 fully saturated rings. The van der Waals surface area contributed by atoms with Crippen LogP contribution in [0.25, 0.3) is 11.6 Å². The average Bonchev–Trinajstić information content (AvgIpc) is 2.80. The van der Waals surface area contributed by atoms with Crippen LogP contribution in [0.2, 0.25) is 0 Å². The van der Waals surface area contributed by atoms with Crippen molar-refractivity contribution in [3.8, 4) is 11.6 Å². The van der Waals surface area contributed by atoms with Crippen molar-refractivity contribution in [2.75, 3.05) is 6.61 Å². The van der Waals surface area contributed by atoms with E-state index in [4.69, 9.17) is 9.15 Å². The van der Waals surface area contributed by atoms with Crippen LogP contribution in [-0.2, 0) is 4.74 Å². The molecule has 2 aromatic rings. The molecular formula is C12H12N2O3. The van der Waals surface area contributed by atoms with Crippen molar-refractivity contribution in [2.45, 2.75) is 13.8 Å². The molecule has 88 valence electrons.